The largest absolute Gasteiger partial charge is 0.497 e. The summed E-state index contributed by atoms with van der Waals surface area (Å²) in [6, 6.07) is 11.9. The topological polar surface area (TPSA) is 70.0 Å². The smallest absolute Gasteiger partial charge is 0.394 e. The lowest BCUT2D eigenvalue weighted by Gasteiger charge is -2.01. The molecule has 1 N–H and O–H groups in total. The number of aryl methyl sites for hydroxylation is 1. The van der Waals surface area contributed by atoms with Gasteiger partial charge in [0.1, 0.15) is 11.4 Å². The van der Waals surface area contributed by atoms with Crippen LogP contribution in [0, 0.1) is 12.7 Å². The summed E-state index contributed by atoms with van der Waals surface area (Å²) in [5, 5.41) is 6.20. The van der Waals surface area contributed by atoms with Gasteiger partial charge in [-0.25, -0.2) is 9.49 Å². The summed E-state index contributed by atoms with van der Waals surface area (Å²) >= 11 is 1.54. The van der Waals surface area contributed by atoms with Gasteiger partial charge in [-0.3, -0.25) is 4.98 Å². The molecular weight excluding hydrogens is 349 g/mol. The highest BCUT2D eigenvalue weighted by Crippen LogP contribution is 2.30. The zero-order valence-corrected chi connectivity index (χ0v) is 14.7. The molecule has 0 fully saturated rings. The van der Waals surface area contributed by atoms with Crippen LogP contribution in [0.3, 0.4) is 0 Å². The summed E-state index contributed by atoms with van der Waals surface area (Å²) in [4.78, 5) is 7.61. The van der Waals surface area contributed by atoms with Crippen LogP contribution in [0.4, 0.5) is 4.39 Å². The van der Waals surface area contributed by atoms with Crippen LogP contribution in [0.1, 0.15) is 5.56 Å². The SMILES string of the molecule is Cc1ccsc1-n1[nH]c(-c2ccc(F)cc2)c(-c2ccncc2)c1=[N+]=[N-]. The maximum absolute atomic E-state index is 13.4. The predicted octanol–water partition coefficient (Wildman–Crippen LogP) is 4.17. The first-order chi connectivity index (χ1) is 12.7. The van der Waals surface area contributed by atoms with Gasteiger partial charge in [-0.05, 0) is 60.3 Å². The number of nitrogens with one attached hydrogen (secondary N) is 1. The van der Waals surface area contributed by atoms with E-state index >= 15 is 0 Å². The van der Waals surface area contributed by atoms with Crippen molar-refractivity contribution in [2.24, 2.45) is 0 Å². The summed E-state index contributed by atoms with van der Waals surface area (Å²) in [5.74, 6) is -0.306. The third kappa shape index (κ3) is 2.69. The number of nitrogens with zero attached hydrogens (tertiary/aromatic N) is 4. The number of halogens is 1. The highest BCUT2D eigenvalue weighted by molar-refractivity contribution is 7.12. The van der Waals surface area contributed by atoms with Gasteiger partial charge in [0.25, 0.3) is 0 Å². The molecule has 0 aliphatic heterocycles. The zero-order chi connectivity index (χ0) is 18.1. The van der Waals surface area contributed by atoms with Gasteiger partial charge in [-0.1, -0.05) is 4.68 Å². The second kappa shape index (κ2) is 6.55. The van der Waals surface area contributed by atoms with E-state index in [1.807, 2.05) is 30.5 Å². The Labute approximate surface area is 152 Å². The Balaban J connectivity index is 2.08. The van der Waals surface area contributed by atoms with Crippen LogP contribution in [0.5, 0.6) is 0 Å². The van der Waals surface area contributed by atoms with Gasteiger partial charge >= 0.3 is 5.49 Å². The van der Waals surface area contributed by atoms with E-state index in [-0.39, 0.29) is 5.82 Å². The van der Waals surface area contributed by atoms with Crippen molar-refractivity contribution in [3.8, 4) is 27.4 Å². The lowest BCUT2D eigenvalue weighted by molar-refractivity contribution is -0.0744. The van der Waals surface area contributed by atoms with Crippen molar-refractivity contribution in [3.05, 3.63) is 82.6 Å². The van der Waals surface area contributed by atoms with E-state index in [1.54, 1.807) is 29.2 Å². The van der Waals surface area contributed by atoms with Crippen LogP contribution < -0.4 is 5.49 Å². The lowest BCUT2D eigenvalue weighted by Crippen LogP contribution is -2.18. The molecule has 128 valence electrons. The Bertz CT molecular complexity index is 1150. The number of hydrogen-bond acceptors (Lipinski definition) is 2. The van der Waals surface area contributed by atoms with E-state index in [0.717, 1.165) is 27.4 Å². The second-order valence-electron chi connectivity index (χ2n) is 5.77. The lowest BCUT2D eigenvalue weighted by atomic mass is 10.0. The monoisotopic (exact) mass is 363 g/mol. The number of thiophene rings is 1. The van der Waals surface area contributed by atoms with Crippen molar-refractivity contribution in [3.63, 3.8) is 0 Å². The molecule has 7 heteroatoms. The maximum atomic E-state index is 13.4. The van der Waals surface area contributed by atoms with E-state index in [2.05, 4.69) is 14.9 Å². The number of aromatic amines is 1. The molecule has 1 aromatic carbocycles. The Morgan fingerprint density at radius 2 is 1.81 bits per heavy atom. The molecule has 3 aromatic heterocycles. The first-order valence-corrected chi connectivity index (χ1v) is 8.81. The number of aromatic nitrogens is 3. The predicted molar refractivity (Wildman–Crippen MR) is 98.1 cm³/mol. The van der Waals surface area contributed by atoms with Crippen LogP contribution >= 0.6 is 11.3 Å². The van der Waals surface area contributed by atoms with Crippen molar-refractivity contribution in [1.82, 2.24) is 14.8 Å². The normalized spacial score (nSPS) is 10.7. The fourth-order valence-electron chi connectivity index (χ4n) is 2.90. The average molecular weight is 363 g/mol. The third-order valence-electron chi connectivity index (χ3n) is 4.14. The van der Waals surface area contributed by atoms with Gasteiger partial charge in [0.2, 0.25) is 5.00 Å². The maximum Gasteiger partial charge on any atom is 0.394 e. The molecule has 0 spiro atoms. The molecule has 3 heterocycles. The van der Waals surface area contributed by atoms with Gasteiger partial charge in [0, 0.05) is 23.5 Å². The fraction of sp³-hybridized carbons (Fsp3) is 0.0526. The molecule has 0 saturated heterocycles. The molecule has 0 radical (unpaired) electrons. The Hall–Kier alpha value is -3.28. The summed E-state index contributed by atoms with van der Waals surface area (Å²) in [6.45, 7) is 1.99. The standard InChI is InChI=1S/C19H14FN5S/c1-12-8-11-26-19(12)25-18(23-21)16(13-6-9-22-10-7-13)17(24-25)14-2-4-15(20)5-3-14/h2-11,24H,1H3. The summed E-state index contributed by atoms with van der Waals surface area (Å²) in [7, 11) is 0. The Morgan fingerprint density at radius 3 is 2.42 bits per heavy atom. The van der Waals surface area contributed by atoms with Crippen molar-refractivity contribution >= 4 is 11.3 Å². The molecule has 0 bridgehead atoms. The number of hydrogen-bond donors (Lipinski definition) is 1. The van der Waals surface area contributed by atoms with Gasteiger partial charge in [0.15, 0.2) is 0 Å². The van der Waals surface area contributed by atoms with E-state index in [4.69, 9.17) is 0 Å². The third-order valence-corrected chi connectivity index (χ3v) is 5.14. The molecule has 0 saturated carbocycles. The summed E-state index contributed by atoms with van der Waals surface area (Å²) < 4.78 is 15.1. The molecule has 0 atom stereocenters. The van der Waals surface area contributed by atoms with Crippen molar-refractivity contribution in [2.45, 2.75) is 6.92 Å². The minimum absolute atomic E-state index is 0.306. The van der Waals surface area contributed by atoms with Crippen LogP contribution in [0.25, 0.3) is 32.9 Å². The molecule has 0 aliphatic carbocycles. The number of benzene rings is 1. The van der Waals surface area contributed by atoms with Crippen LogP contribution in [-0.4, -0.2) is 19.6 Å². The van der Waals surface area contributed by atoms with Gasteiger partial charge < -0.3 is 10.3 Å². The summed E-state index contributed by atoms with van der Waals surface area (Å²) in [6.07, 6.45) is 3.36. The van der Waals surface area contributed by atoms with E-state index < -0.39 is 0 Å². The van der Waals surface area contributed by atoms with E-state index in [0.29, 0.717) is 11.1 Å². The van der Waals surface area contributed by atoms with E-state index in [1.165, 1.54) is 23.5 Å². The van der Waals surface area contributed by atoms with Gasteiger partial charge in [0.05, 0.1) is 5.69 Å². The Kier molecular flexibility index (Phi) is 4.08. The number of rotatable bonds is 3. The van der Waals surface area contributed by atoms with Gasteiger partial charge in [-0.2, -0.15) is 0 Å². The molecule has 5 nitrogen and oxygen atoms in total. The first-order valence-electron chi connectivity index (χ1n) is 7.93. The van der Waals surface area contributed by atoms with Crippen molar-refractivity contribution in [1.29, 1.82) is 0 Å². The van der Waals surface area contributed by atoms with Gasteiger partial charge in [-0.15, -0.1) is 11.3 Å². The van der Waals surface area contributed by atoms with Crippen molar-refractivity contribution < 1.29 is 9.18 Å². The molecule has 26 heavy (non-hydrogen) atoms. The zero-order valence-electron chi connectivity index (χ0n) is 13.8. The van der Waals surface area contributed by atoms with Crippen LogP contribution in [0.2, 0.25) is 0 Å². The number of H-pyrrole nitrogens is 1. The first kappa shape index (κ1) is 16.2. The molecule has 4 rings (SSSR count). The molecule has 0 amide bonds. The molecule has 4 aromatic rings. The minimum atomic E-state index is -0.306. The van der Waals surface area contributed by atoms with E-state index in [9.17, 15) is 9.92 Å². The highest BCUT2D eigenvalue weighted by atomic mass is 32.1. The van der Waals surface area contributed by atoms with Crippen LogP contribution in [-0.2, 0) is 0 Å². The quantitative estimate of drug-likeness (QED) is 0.431. The highest BCUT2D eigenvalue weighted by Gasteiger charge is 2.25. The fourth-order valence-corrected chi connectivity index (χ4v) is 3.79. The van der Waals surface area contributed by atoms with Crippen LogP contribution in [0.15, 0.2) is 60.2 Å². The Morgan fingerprint density at radius 1 is 1.08 bits per heavy atom. The summed E-state index contributed by atoms with van der Waals surface area (Å²) in [5.41, 5.74) is 14.3. The second-order valence-corrected chi connectivity index (χ2v) is 6.67. The molecular formula is C19H14FN5S. The van der Waals surface area contributed by atoms with Crippen molar-refractivity contribution in [2.75, 3.05) is 0 Å². The molecule has 0 aliphatic rings. The average Bonchev–Trinajstić information content (AvgIpc) is 3.26. The number of pyridine rings is 1. The minimum Gasteiger partial charge on any atom is -0.497 e. The molecule has 0 unspecified atom stereocenters.